The Labute approximate surface area is 133 Å². The van der Waals surface area contributed by atoms with E-state index < -0.39 is 11.3 Å². The molecule has 0 unspecified atom stereocenters. The predicted molar refractivity (Wildman–Crippen MR) is 82.7 cm³/mol. The van der Waals surface area contributed by atoms with E-state index in [2.05, 4.69) is 9.98 Å². The van der Waals surface area contributed by atoms with E-state index in [9.17, 15) is 4.79 Å². The molecule has 0 aliphatic carbocycles. The van der Waals surface area contributed by atoms with Crippen LogP contribution in [0.1, 0.15) is 19.4 Å². The molecule has 112 valence electrons. The normalized spacial score (nSPS) is 12.0. The Kier molecular flexibility index (Phi) is 4.74. The smallest absolute Gasteiger partial charge is 0.267 e. The van der Waals surface area contributed by atoms with Gasteiger partial charge in [0.25, 0.3) is 5.91 Å². The maximum absolute atomic E-state index is 12.1. The monoisotopic (exact) mass is 314 g/mol. The van der Waals surface area contributed by atoms with E-state index in [0.717, 1.165) is 5.56 Å². The van der Waals surface area contributed by atoms with Crippen LogP contribution in [0.3, 0.4) is 0 Å². The van der Waals surface area contributed by atoms with Crippen molar-refractivity contribution in [2.75, 3.05) is 0 Å². The van der Waals surface area contributed by atoms with Gasteiger partial charge in [-0.1, -0.05) is 23.7 Å². The molecule has 22 heavy (non-hydrogen) atoms. The van der Waals surface area contributed by atoms with Crippen molar-refractivity contribution in [3.8, 4) is 6.07 Å². The SMILES string of the molecule is CC(C)(C#N)C(=O)N=c1ccccn1Cc1ccc(Cl)nc1. The average Bonchev–Trinajstić information content (AvgIpc) is 2.51. The summed E-state index contributed by atoms with van der Waals surface area (Å²) in [6.07, 6.45) is 3.49. The Hall–Kier alpha value is -2.45. The number of nitriles is 1. The third-order valence-electron chi connectivity index (χ3n) is 3.09. The van der Waals surface area contributed by atoms with E-state index in [0.29, 0.717) is 17.2 Å². The molecule has 2 aromatic rings. The Morgan fingerprint density at radius 2 is 2.18 bits per heavy atom. The molecule has 0 spiro atoms. The fraction of sp³-hybridized carbons (Fsp3) is 0.250. The number of hydrogen-bond acceptors (Lipinski definition) is 3. The zero-order valence-corrected chi connectivity index (χ0v) is 13.1. The lowest BCUT2D eigenvalue weighted by atomic mass is 9.95. The summed E-state index contributed by atoms with van der Waals surface area (Å²) in [5.74, 6) is -0.468. The quantitative estimate of drug-likeness (QED) is 0.817. The molecule has 0 aliphatic heterocycles. The highest BCUT2D eigenvalue weighted by Gasteiger charge is 2.26. The molecule has 2 rings (SSSR count). The number of pyridine rings is 2. The second-order valence-corrected chi connectivity index (χ2v) is 5.72. The van der Waals surface area contributed by atoms with Gasteiger partial charge in [0, 0.05) is 12.4 Å². The van der Waals surface area contributed by atoms with Crippen LogP contribution in [0.4, 0.5) is 0 Å². The summed E-state index contributed by atoms with van der Waals surface area (Å²) in [4.78, 5) is 20.2. The van der Waals surface area contributed by atoms with Crippen LogP contribution < -0.4 is 5.49 Å². The van der Waals surface area contributed by atoms with Crippen molar-refractivity contribution in [1.82, 2.24) is 9.55 Å². The first-order chi connectivity index (χ1) is 10.4. The van der Waals surface area contributed by atoms with Crippen molar-refractivity contribution in [2.24, 2.45) is 10.4 Å². The summed E-state index contributed by atoms with van der Waals surface area (Å²) >= 11 is 5.77. The van der Waals surface area contributed by atoms with Gasteiger partial charge < -0.3 is 4.57 Å². The van der Waals surface area contributed by atoms with Gasteiger partial charge in [0.05, 0.1) is 12.6 Å². The third kappa shape index (κ3) is 3.80. The van der Waals surface area contributed by atoms with E-state index in [1.807, 2.05) is 29.0 Å². The van der Waals surface area contributed by atoms with Gasteiger partial charge in [-0.15, -0.1) is 0 Å². The number of aromatic nitrogens is 2. The summed E-state index contributed by atoms with van der Waals surface area (Å²) in [5.41, 5.74) is 0.282. The van der Waals surface area contributed by atoms with Crippen LogP contribution >= 0.6 is 11.6 Å². The number of rotatable bonds is 3. The maximum Gasteiger partial charge on any atom is 0.267 e. The van der Waals surface area contributed by atoms with Gasteiger partial charge in [0.15, 0.2) is 0 Å². The van der Waals surface area contributed by atoms with Gasteiger partial charge in [-0.3, -0.25) is 4.79 Å². The lowest BCUT2D eigenvalue weighted by Crippen LogP contribution is -2.27. The molecule has 0 radical (unpaired) electrons. The van der Waals surface area contributed by atoms with Crippen LogP contribution in [0.15, 0.2) is 47.7 Å². The second kappa shape index (κ2) is 6.54. The maximum atomic E-state index is 12.1. The highest BCUT2D eigenvalue weighted by molar-refractivity contribution is 6.29. The first kappa shape index (κ1) is 15.9. The van der Waals surface area contributed by atoms with E-state index in [-0.39, 0.29) is 0 Å². The van der Waals surface area contributed by atoms with E-state index in [1.165, 1.54) is 0 Å². The summed E-state index contributed by atoms with van der Waals surface area (Å²) < 4.78 is 1.82. The van der Waals surface area contributed by atoms with Gasteiger partial charge in [-0.2, -0.15) is 10.3 Å². The molecule has 0 atom stereocenters. The fourth-order valence-electron chi connectivity index (χ4n) is 1.69. The lowest BCUT2D eigenvalue weighted by Gasteiger charge is -2.11. The van der Waals surface area contributed by atoms with E-state index >= 15 is 0 Å². The Bertz CT molecular complexity index is 785. The minimum Gasteiger partial charge on any atom is -0.328 e. The molecule has 0 fully saturated rings. The molecule has 0 aromatic carbocycles. The summed E-state index contributed by atoms with van der Waals surface area (Å²) in [6.45, 7) is 3.61. The standard InChI is InChI=1S/C16H15ClN4O/c1-16(2,11-18)15(22)20-14-5-3-4-8-21(14)10-12-6-7-13(17)19-9-12/h3-9H,10H2,1-2H3. The molecule has 2 heterocycles. The summed E-state index contributed by atoms with van der Waals surface area (Å²) in [7, 11) is 0. The molecule has 0 aliphatic rings. The van der Waals surface area contributed by atoms with Crippen LogP contribution in [0, 0.1) is 16.7 Å². The molecular formula is C16H15ClN4O. The zero-order valence-electron chi connectivity index (χ0n) is 12.3. The third-order valence-corrected chi connectivity index (χ3v) is 3.31. The van der Waals surface area contributed by atoms with Crippen LogP contribution in [0.25, 0.3) is 0 Å². The number of hydrogen-bond donors (Lipinski definition) is 0. The fourth-order valence-corrected chi connectivity index (χ4v) is 1.80. The highest BCUT2D eigenvalue weighted by atomic mass is 35.5. The first-order valence-electron chi connectivity index (χ1n) is 6.69. The minimum absolute atomic E-state index is 0.428. The van der Waals surface area contributed by atoms with Gasteiger partial charge >= 0.3 is 0 Å². The Morgan fingerprint density at radius 1 is 1.41 bits per heavy atom. The number of amides is 1. The van der Waals surface area contributed by atoms with E-state index in [1.54, 1.807) is 38.2 Å². The Morgan fingerprint density at radius 3 is 2.82 bits per heavy atom. The number of carbonyl (C=O) groups is 1. The van der Waals surface area contributed by atoms with Crippen LogP contribution in [-0.2, 0) is 11.3 Å². The molecule has 5 nitrogen and oxygen atoms in total. The van der Waals surface area contributed by atoms with Gasteiger partial charge in [-0.25, -0.2) is 4.98 Å². The topological polar surface area (TPSA) is 71.0 Å². The van der Waals surface area contributed by atoms with Crippen molar-refractivity contribution in [2.45, 2.75) is 20.4 Å². The minimum atomic E-state index is -1.14. The number of halogens is 1. The van der Waals surface area contributed by atoms with Gasteiger partial charge in [0.1, 0.15) is 16.1 Å². The predicted octanol–water partition coefficient (Wildman–Crippen LogP) is 2.56. The lowest BCUT2D eigenvalue weighted by molar-refractivity contribution is -0.123. The van der Waals surface area contributed by atoms with Gasteiger partial charge in [-0.05, 0) is 37.6 Å². The van der Waals surface area contributed by atoms with Crippen LogP contribution in [0.2, 0.25) is 5.15 Å². The molecule has 0 saturated heterocycles. The largest absolute Gasteiger partial charge is 0.328 e. The van der Waals surface area contributed by atoms with Crippen molar-refractivity contribution >= 4 is 17.5 Å². The highest BCUT2D eigenvalue weighted by Crippen LogP contribution is 2.14. The molecule has 1 amide bonds. The summed E-state index contributed by atoms with van der Waals surface area (Å²) in [6, 6.07) is 10.9. The molecule has 0 saturated carbocycles. The first-order valence-corrected chi connectivity index (χ1v) is 7.06. The van der Waals surface area contributed by atoms with Crippen molar-refractivity contribution in [3.05, 3.63) is 58.9 Å². The number of carbonyl (C=O) groups excluding carboxylic acids is 1. The van der Waals surface area contributed by atoms with Crippen LogP contribution in [0.5, 0.6) is 0 Å². The van der Waals surface area contributed by atoms with E-state index in [4.69, 9.17) is 16.9 Å². The second-order valence-electron chi connectivity index (χ2n) is 5.33. The molecule has 6 heteroatoms. The zero-order chi connectivity index (χ0) is 16.2. The Balaban J connectivity index is 2.37. The molecule has 0 N–H and O–H groups in total. The van der Waals surface area contributed by atoms with Crippen molar-refractivity contribution in [1.29, 1.82) is 5.26 Å². The van der Waals surface area contributed by atoms with Crippen LogP contribution in [-0.4, -0.2) is 15.5 Å². The molecular weight excluding hydrogens is 300 g/mol. The average molecular weight is 315 g/mol. The molecule has 2 aromatic heterocycles. The number of nitrogens with zero attached hydrogens (tertiary/aromatic N) is 4. The van der Waals surface area contributed by atoms with Crippen molar-refractivity contribution < 1.29 is 4.79 Å². The summed E-state index contributed by atoms with van der Waals surface area (Å²) in [5, 5.41) is 9.44. The van der Waals surface area contributed by atoms with Gasteiger partial charge in [0.2, 0.25) is 0 Å². The van der Waals surface area contributed by atoms with Crippen molar-refractivity contribution in [3.63, 3.8) is 0 Å². The molecule has 0 bridgehead atoms.